The third-order valence-electron chi connectivity index (χ3n) is 14.5. The minimum Gasteiger partial charge on any atom is -0.543 e. The van der Waals surface area contributed by atoms with Crippen LogP contribution in [0.4, 0.5) is 0 Å². The van der Waals surface area contributed by atoms with Crippen LogP contribution < -0.4 is 8.85 Å². The maximum atomic E-state index is 13.8. The molecule has 0 heterocycles. The largest absolute Gasteiger partial charge is 0.543 e. The second kappa shape index (κ2) is 23.0. The van der Waals surface area contributed by atoms with Crippen molar-refractivity contribution in [2.75, 3.05) is 0 Å². The predicted octanol–water partition coefficient (Wildman–Crippen LogP) is 16.6. The number of hydrogen-bond donors (Lipinski definition) is 0. The first-order valence-corrected chi connectivity index (χ1v) is 30.4. The maximum absolute atomic E-state index is 13.8. The van der Waals surface area contributed by atoms with E-state index in [1.807, 2.05) is 0 Å². The van der Waals surface area contributed by atoms with E-state index in [2.05, 4.69) is 155 Å². The molecule has 1 aliphatic carbocycles. The molecule has 0 aliphatic heterocycles. The maximum Gasteiger partial charge on any atom is 0.258 e. The van der Waals surface area contributed by atoms with Gasteiger partial charge in [-0.3, -0.25) is 4.79 Å². The lowest BCUT2D eigenvalue weighted by molar-refractivity contribution is -0.123. The van der Waals surface area contributed by atoms with Crippen molar-refractivity contribution in [2.45, 2.75) is 233 Å². The van der Waals surface area contributed by atoms with Crippen LogP contribution in [-0.2, 0) is 9.22 Å². The first kappa shape index (κ1) is 51.0. The highest BCUT2D eigenvalue weighted by atomic mass is 28.4. The lowest BCUT2D eigenvalue weighted by Gasteiger charge is -2.44. The molecular weight excluding hydrogens is 737 g/mol. The molecule has 0 saturated heterocycles. The number of carbonyl (C=O) groups excluding carboxylic acids is 1. The van der Waals surface area contributed by atoms with Crippen LogP contribution in [0.25, 0.3) is 0 Å². The Bertz CT molecular complexity index is 1220. The van der Waals surface area contributed by atoms with Gasteiger partial charge in [0, 0.05) is 18.4 Å². The summed E-state index contributed by atoms with van der Waals surface area (Å²) in [7, 11) is -6.57. The minimum absolute atomic E-state index is 0.0575. The molecule has 4 nitrogen and oxygen atoms in total. The number of hydrogen-bond acceptors (Lipinski definition) is 4. The summed E-state index contributed by atoms with van der Waals surface area (Å²) in [6.45, 7) is 42.1. The molecule has 56 heavy (non-hydrogen) atoms. The Kier molecular flexibility index (Phi) is 20.9. The van der Waals surface area contributed by atoms with Crippen LogP contribution in [0.3, 0.4) is 0 Å². The Morgan fingerprint density at radius 1 is 0.661 bits per heavy atom. The van der Waals surface area contributed by atoms with Crippen LogP contribution in [0.2, 0.25) is 51.4 Å². The predicted molar refractivity (Wildman–Crippen MR) is 253 cm³/mol. The van der Waals surface area contributed by atoms with Crippen LogP contribution in [-0.4, -0.2) is 30.7 Å². The molecule has 0 amide bonds. The van der Waals surface area contributed by atoms with Gasteiger partial charge in [-0.1, -0.05) is 156 Å². The number of benzene rings is 1. The van der Waals surface area contributed by atoms with Crippen molar-refractivity contribution in [1.82, 2.24) is 0 Å². The molecule has 0 spiro atoms. The normalized spacial score (nSPS) is 17.5. The molecular formula is C49H92O4Si3. The number of carbonyl (C=O) groups is 1. The monoisotopic (exact) mass is 829 g/mol. The standard InChI is InChI=1S/C49H92O4Si3/c1-19-54(20-2,21-3)53-49(42(17)28-30-48(50)43(18)31-41(16)27-29-44-25-23-22-24-26-44)45-32-46(51-55(35(4)5,36(6)7)37(8)9)34-47(33-45)52-56(38(10)11,39(12)13)40(14)15/h27,29,32-44,49H,19-26,28,30-31H2,1-18H3/b29-27-/t41-,42+,43+,49+/m1/s1. The summed E-state index contributed by atoms with van der Waals surface area (Å²) in [5.74, 6) is 3.65. The van der Waals surface area contributed by atoms with E-state index in [-0.39, 0.29) is 17.9 Å². The molecule has 1 fully saturated rings. The molecule has 0 radical (unpaired) electrons. The van der Waals surface area contributed by atoms with Crippen molar-refractivity contribution in [2.24, 2.45) is 23.7 Å². The lowest BCUT2D eigenvalue weighted by Crippen LogP contribution is -2.51. The van der Waals surface area contributed by atoms with Gasteiger partial charge < -0.3 is 13.3 Å². The SMILES string of the molecule is CC[Si](CC)(CC)O[C@H](c1cc(O[Si](C(C)C)(C(C)C)C(C)C)cc(O[Si](C(C)C)(C(C)C)C(C)C)c1)[C@@H](C)CCC(=O)[C@@H](C)C[C@H](C)/C=C\C1CCCCC1. The quantitative estimate of drug-likeness (QED) is 0.0727. The summed E-state index contributed by atoms with van der Waals surface area (Å²) < 4.78 is 22.6. The molecule has 0 N–H and O–H groups in total. The highest BCUT2D eigenvalue weighted by molar-refractivity contribution is 6.79. The van der Waals surface area contributed by atoms with E-state index in [0.717, 1.165) is 54.0 Å². The average molecular weight is 830 g/mol. The van der Waals surface area contributed by atoms with Gasteiger partial charge in [-0.15, -0.1) is 0 Å². The fraction of sp³-hybridized carbons (Fsp3) is 0.816. The minimum atomic E-state index is -2.27. The zero-order valence-corrected chi connectivity index (χ0v) is 43.1. The summed E-state index contributed by atoms with van der Waals surface area (Å²) >= 11 is 0. The van der Waals surface area contributed by atoms with Crippen LogP contribution in [0.5, 0.6) is 11.5 Å². The molecule has 2 rings (SSSR count). The molecule has 1 saturated carbocycles. The molecule has 1 aliphatic rings. The summed E-state index contributed by atoms with van der Waals surface area (Å²) in [4.78, 5) is 13.8. The molecule has 7 heteroatoms. The van der Waals surface area contributed by atoms with E-state index < -0.39 is 25.0 Å². The van der Waals surface area contributed by atoms with E-state index in [4.69, 9.17) is 13.3 Å². The van der Waals surface area contributed by atoms with Crippen molar-refractivity contribution in [3.8, 4) is 11.5 Å². The summed E-state index contributed by atoms with van der Waals surface area (Å²) in [6.07, 6.45) is 13.8. The molecule has 1 aromatic rings. The summed E-state index contributed by atoms with van der Waals surface area (Å²) in [6, 6.07) is 10.1. The van der Waals surface area contributed by atoms with Gasteiger partial charge in [0.15, 0.2) is 8.32 Å². The zero-order valence-electron chi connectivity index (χ0n) is 40.1. The van der Waals surface area contributed by atoms with Gasteiger partial charge in [-0.05, 0) is 113 Å². The van der Waals surface area contributed by atoms with E-state index in [9.17, 15) is 4.79 Å². The fourth-order valence-electron chi connectivity index (χ4n) is 11.0. The van der Waals surface area contributed by atoms with Crippen LogP contribution in [0.15, 0.2) is 30.4 Å². The second-order valence-corrected chi connectivity index (χ2v) is 35.7. The van der Waals surface area contributed by atoms with Crippen molar-refractivity contribution in [1.29, 1.82) is 0 Å². The van der Waals surface area contributed by atoms with Gasteiger partial charge in [0.05, 0.1) is 6.10 Å². The van der Waals surface area contributed by atoms with Crippen LogP contribution >= 0.6 is 0 Å². The Hall–Kier alpha value is -1.16. The van der Waals surface area contributed by atoms with E-state index in [1.54, 1.807) is 0 Å². The van der Waals surface area contributed by atoms with Gasteiger partial charge in [0.1, 0.15) is 17.3 Å². The van der Waals surface area contributed by atoms with Crippen LogP contribution in [0.1, 0.15) is 188 Å². The van der Waals surface area contributed by atoms with Gasteiger partial charge in [-0.2, -0.15) is 0 Å². The number of rotatable bonds is 25. The Morgan fingerprint density at radius 2 is 1.09 bits per heavy atom. The third-order valence-corrected chi connectivity index (χ3v) is 31.2. The Morgan fingerprint density at radius 3 is 1.48 bits per heavy atom. The molecule has 0 unspecified atom stereocenters. The number of Topliss-reactive ketones (excluding diaryl/α,β-unsaturated/α-hetero) is 1. The second-order valence-electron chi connectivity index (χ2n) is 20.2. The molecule has 4 atom stereocenters. The topological polar surface area (TPSA) is 44.8 Å². The van der Waals surface area contributed by atoms with Gasteiger partial charge >= 0.3 is 0 Å². The van der Waals surface area contributed by atoms with Crippen LogP contribution in [0, 0.1) is 23.7 Å². The van der Waals surface area contributed by atoms with E-state index in [0.29, 0.717) is 51.4 Å². The Balaban J connectivity index is 2.65. The van der Waals surface area contributed by atoms with Crippen molar-refractivity contribution < 1.29 is 18.1 Å². The zero-order chi connectivity index (χ0) is 42.6. The average Bonchev–Trinajstić information content (AvgIpc) is 3.14. The van der Waals surface area contributed by atoms with Crippen molar-refractivity contribution >= 4 is 30.7 Å². The summed E-state index contributed by atoms with van der Waals surface area (Å²) in [5, 5.41) is 0. The molecule has 324 valence electrons. The molecule has 0 bridgehead atoms. The smallest absolute Gasteiger partial charge is 0.258 e. The highest BCUT2D eigenvalue weighted by Gasteiger charge is 2.49. The summed E-state index contributed by atoms with van der Waals surface area (Å²) in [5.41, 5.74) is 3.89. The molecule has 0 aromatic heterocycles. The van der Waals surface area contributed by atoms with Gasteiger partial charge in [0.2, 0.25) is 0 Å². The third kappa shape index (κ3) is 12.9. The van der Waals surface area contributed by atoms with E-state index in [1.165, 1.54) is 32.1 Å². The highest BCUT2D eigenvalue weighted by Crippen LogP contribution is 2.48. The van der Waals surface area contributed by atoms with Crippen molar-refractivity contribution in [3.63, 3.8) is 0 Å². The fourth-order valence-corrected chi connectivity index (χ4v) is 24.4. The number of ketones is 1. The number of allylic oxidation sites excluding steroid dienone is 2. The van der Waals surface area contributed by atoms with E-state index >= 15 is 0 Å². The first-order valence-electron chi connectivity index (χ1n) is 23.6. The molecule has 1 aromatic carbocycles. The van der Waals surface area contributed by atoms with Gasteiger partial charge in [-0.25, -0.2) is 0 Å². The first-order chi connectivity index (χ1) is 26.2. The lowest BCUT2D eigenvalue weighted by atomic mass is 9.86. The van der Waals surface area contributed by atoms with Crippen molar-refractivity contribution in [3.05, 3.63) is 35.9 Å². The van der Waals surface area contributed by atoms with Gasteiger partial charge in [0.25, 0.3) is 16.6 Å². The Labute approximate surface area is 351 Å².